The Bertz CT molecular complexity index is 775. The number of anilines is 1. The van der Waals surface area contributed by atoms with Crippen molar-refractivity contribution in [3.63, 3.8) is 0 Å². The number of methoxy groups -OCH3 is 1. The largest absolute Gasteiger partial charge is 0.497 e. The van der Waals surface area contributed by atoms with E-state index in [1.54, 1.807) is 11.8 Å². The van der Waals surface area contributed by atoms with Gasteiger partial charge in [0, 0.05) is 23.9 Å². The van der Waals surface area contributed by atoms with Crippen molar-refractivity contribution in [1.29, 1.82) is 0 Å². The van der Waals surface area contributed by atoms with Crippen LogP contribution in [0.2, 0.25) is 0 Å². The normalized spacial score (nSPS) is 11.9. The molecule has 0 unspecified atom stereocenters. The van der Waals surface area contributed by atoms with Crippen LogP contribution >= 0.6 is 0 Å². The number of hydrogen-bond donors (Lipinski definition) is 2. The van der Waals surface area contributed by atoms with E-state index in [1.165, 1.54) is 0 Å². The molecule has 2 aromatic carbocycles. The Kier molecular flexibility index (Phi) is 5.02. The predicted molar refractivity (Wildman–Crippen MR) is 90.7 cm³/mol. The van der Waals surface area contributed by atoms with E-state index in [1.807, 2.05) is 54.6 Å². The zero-order valence-electron chi connectivity index (χ0n) is 13.3. The Morgan fingerprint density at radius 2 is 2.00 bits per heavy atom. The summed E-state index contributed by atoms with van der Waals surface area (Å²) in [4.78, 5) is 0. The first-order valence-electron chi connectivity index (χ1n) is 7.64. The van der Waals surface area contributed by atoms with Gasteiger partial charge in [0.25, 0.3) is 0 Å². The van der Waals surface area contributed by atoms with Crippen LogP contribution in [0.4, 0.5) is 5.69 Å². The number of aromatic nitrogens is 4. The molecular weight excluding hydrogens is 306 g/mol. The molecule has 3 aromatic rings. The van der Waals surface area contributed by atoms with Gasteiger partial charge in [-0.1, -0.05) is 36.4 Å². The van der Waals surface area contributed by atoms with E-state index >= 15 is 0 Å². The first-order valence-corrected chi connectivity index (χ1v) is 7.64. The van der Waals surface area contributed by atoms with Crippen molar-refractivity contribution in [3.05, 3.63) is 54.6 Å². The number of ether oxygens (including phenoxy) is 1. The highest BCUT2D eigenvalue weighted by Crippen LogP contribution is 2.17. The summed E-state index contributed by atoms with van der Waals surface area (Å²) in [5.41, 5.74) is 1.80. The molecule has 0 saturated heterocycles. The Balaban J connectivity index is 1.61. The molecule has 0 aliphatic rings. The Hall–Kier alpha value is -2.93. The molecule has 2 N–H and O–H groups in total. The van der Waals surface area contributed by atoms with Crippen molar-refractivity contribution in [2.24, 2.45) is 0 Å². The summed E-state index contributed by atoms with van der Waals surface area (Å²) in [6, 6.07) is 17.2. The monoisotopic (exact) mass is 325 g/mol. The quantitative estimate of drug-likeness (QED) is 0.689. The highest BCUT2D eigenvalue weighted by Gasteiger charge is 2.13. The zero-order chi connectivity index (χ0) is 16.8. The van der Waals surface area contributed by atoms with E-state index in [2.05, 4.69) is 20.8 Å². The molecule has 24 heavy (non-hydrogen) atoms. The predicted octanol–water partition coefficient (Wildman–Crippen LogP) is 1.82. The van der Waals surface area contributed by atoms with Crippen molar-refractivity contribution in [1.82, 2.24) is 20.2 Å². The summed E-state index contributed by atoms with van der Waals surface area (Å²) in [5.74, 6) is 1.40. The van der Waals surface area contributed by atoms with E-state index < -0.39 is 6.10 Å². The lowest BCUT2D eigenvalue weighted by Crippen LogP contribution is -2.26. The third kappa shape index (κ3) is 3.88. The van der Waals surface area contributed by atoms with Crippen LogP contribution in [0, 0.1) is 0 Å². The molecule has 0 aliphatic carbocycles. The van der Waals surface area contributed by atoms with Crippen LogP contribution in [-0.4, -0.2) is 45.1 Å². The number of aliphatic hydroxyl groups is 1. The van der Waals surface area contributed by atoms with Gasteiger partial charge in [0.15, 0.2) is 5.82 Å². The Labute approximate surface area is 139 Å². The maximum absolute atomic E-state index is 10.3. The second-order valence-corrected chi connectivity index (χ2v) is 5.32. The van der Waals surface area contributed by atoms with Gasteiger partial charge >= 0.3 is 0 Å². The van der Waals surface area contributed by atoms with Gasteiger partial charge in [0.1, 0.15) is 5.75 Å². The van der Waals surface area contributed by atoms with Gasteiger partial charge in [-0.05, 0) is 22.6 Å². The molecule has 1 heterocycles. The lowest BCUT2D eigenvalue weighted by Gasteiger charge is -2.14. The second kappa shape index (κ2) is 7.56. The molecule has 7 heteroatoms. The number of nitrogens with zero attached hydrogens (tertiary/aromatic N) is 4. The number of tetrazole rings is 1. The summed E-state index contributed by atoms with van der Waals surface area (Å²) >= 11 is 0. The minimum Gasteiger partial charge on any atom is -0.497 e. The van der Waals surface area contributed by atoms with E-state index in [-0.39, 0.29) is 0 Å². The molecule has 0 amide bonds. The average molecular weight is 325 g/mol. The van der Waals surface area contributed by atoms with Gasteiger partial charge < -0.3 is 15.2 Å². The van der Waals surface area contributed by atoms with Crippen molar-refractivity contribution < 1.29 is 9.84 Å². The SMILES string of the molecule is COc1cccc(NC[C@H](O)Cn2nnnc2-c2ccccc2)c1. The number of benzene rings is 2. The third-order valence-electron chi connectivity index (χ3n) is 3.56. The summed E-state index contributed by atoms with van der Waals surface area (Å²) in [7, 11) is 1.62. The molecule has 7 nitrogen and oxygen atoms in total. The lowest BCUT2D eigenvalue weighted by atomic mass is 10.2. The van der Waals surface area contributed by atoms with E-state index in [0.29, 0.717) is 18.9 Å². The van der Waals surface area contributed by atoms with Crippen LogP contribution in [0.25, 0.3) is 11.4 Å². The van der Waals surface area contributed by atoms with Crippen molar-refractivity contribution in [3.8, 4) is 17.1 Å². The number of nitrogens with one attached hydrogen (secondary N) is 1. The Morgan fingerprint density at radius 1 is 1.17 bits per heavy atom. The zero-order valence-corrected chi connectivity index (χ0v) is 13.3. The number of rotatable bonds is 7. The molecule has 0 saturated carbocycles. The molecule has 0 fully saturated rings. The van der Waals surface area contributed by atoms with Crippen LogP contribution < -0.4 is 10.1 Å². The maximum atomic E-state index is 10.3. The highest BCUT2D eigenvalue weighted by molar-refractivity contribution is 5.53. The molecule has 0 aliphatic heterocycles. The topological polar surface area (TPSA) is 85.1 Å². The van der Waals surface area contributed by atoms with Gasteiger partial charge in [0.2, 0.25) is 0 Å². The fourth-order valence-corrected chi connectivity index (χ4v) is 2.35. The lowest BCUT2D eigenvalue weighted by molar-refractivity contribution is 0.161. The van der Waals surface area contributed by atoms with Crippen molar-refractivity contribution in [2.75, 3.05) is 19.0 Å². The summed E-state index contributed by atoms with van der Waals surface area (Å²) in [6.45, 7) is 0.676. The summed E-state index contributed by atoms with van der Waals surface area (Å²) in [5, 5.41) is 25.2. The smallest absolute Gasteiger partial charge is 0.182 e. The molecule has 3 rings (SSSR count). The van der Waals surface area contributed by atoms with Gasteiger partial charge in [-0.25, -0.2) is 4.68 Å². The van der Waals surface area contributed by atoms with Crippen molar-refractivity contribution in [2.45, 2.75) is 12.6 Å². The second-order valence-electron chi connectivity index (χ2n) is 5.32. The van der Waals surface area contributed by atoms with E-state index in [9.17, 15) is 5.11 Å². The number of hydrogen-bond acceptors (Lipinski definition) is 6. The first-order chi connectivity index (χ1) is 11.8. The third-order valence-corrected chi connectivity index (χ3v) is 3.56. The summed E-state index contributed by atoms with van der Waals surface area (Å²) < 4.78 is 6.78. The van der Waals surface area contributed by atoms with Gasteiger partial charge in [-0.3, -0.25) is 0 Å². The van der Waals surface area contributed by atoms with E-state index in [0.717, 1.165) is 17.0 Å². The van der Waals surface area contributed by atoms with Gasteiger partial charge in [0.05, 0.1) is 19.8 Å². The van der Waals surface area contributed by atoms with Crippen LogP contribution in [0.3, 0.4) is 0 Å². The standard InChI is InChI=1S/C17H19N5O2/c1-24-16-9-5-8-14(10-16)18-11-15(23)12-22-17(19-20-21-22)13-6-3-2-4-7-13/h2-10,15,18,23H,11-12H2,1H3/t15-/m0/s1. The number of aliphatic hydroxyl groups excluding tert-OH is 1. The fourth-order valence-electron chi connectivity index (χ4n) is 2.35. The molecule has 1 aromatic heterocycles. The first kappa shape index (κ1) is 15.9. The fraction of sp³-hybridized carbons (Fsp3) is 0.235. The summed E-state index contributed by atoms with van der Waals surface area (Å²) in [6.07, 6.45) is -0.637. The molecular formula is C17H19N5O2. The molecule has 0 bridgehead atoms. The van der Waals surface area contributed by atoms with Crippen LogP contribution in [0.1, 0.15) is 0 Å². The average Bonchev–Trinajstić information content (AvgIpc) is 3.09. The maximum Gasteiger partial charge on any atom is 0.182 e. The van der Waals surface area contributed by atoms with Crippen LogP contribution in [0.15, 0.2) is 54.6 Å². The van der Waals surface area contributed by atoms with Gasteiger partial charge in [-0.2, -0.15) is 0 Å². The van der Waals surface area contributed by atoms with E-state index in [4.69, 9.17) is 4.74 Å². The minimum absolute atomic E-state index is 0.300. The van der Waals surface area contributed by atoms with Crippen LogP contribution in [0.5, 0.6) is 5.75 Å². The van der Waals surface area contributed by atoms with Crippen molar-refractivity contribution >= 4 is 5.69 Å². The molecule has 0 radical (unpaired) electrons. The Morgan fingerprint density at radius 3 is 2.79 bits per heavy atom. The molecule has 0 spiro atoms. The van der Waals surface area contributed by atoms with Crippen LogP contribution in [-0.2, 0) is 6.54 Å². The highest BCUT2D eigenvalue weighted by atomic mass is 16.5. The molecule has 124 valence electrons. The van der Waals surface area contributed by atoms with Gasteiger partial charge in [-0.15, -0.1) is 5.10 Å². The minimum atomic E-state index is -0.637. The molecule has 1 atom stereocenters.